The van der Waals surface area contributed by atoms with Crippen molar-refractivity contribution in [1.82, 2.24) is 4.90 Å². The minimum absolute atomic E-state index is 0.140. The summed E-state index contributed by atoms with van der Waals surface area (Å²) in [7, 11) is 0. The summed E-state index contributed by atoms with van der Waals surface area (Å²) in [5.41, 5.74) is -1.08. The van der Waals surface area contributed by atoms with Gasteiger partial charge in [0, 0.05) is 13.1 Å². The largest absolute Gasteiger partial charge is 0.393 e. The van der Waals surface area contributed by atoms with E-state index in [1.165, 1.54) is 17.0 Å². The van der Waals surface area contributed by atoms with Gasteiger partial charge in [-0.1, -0.05) is 0 Å². The van der Waals surface area contributed by atoms with Crippen molar-refractivity contribution in [2.24, 2.45) is 0 Å². The molecule has 0 unspecified atom stereocenters. The first-order chi connectivity index (χ1) is 9.49. The molecule has 0 radical (unpaired) electrons. The van der Waals surface area contributed by atoms with Crippen LogP contribution in [0.2, 0.25) is 0 Å². The van der Waals surface area contributed by atoms with Crippen molar-refractivity contribution in [2.75, 3.05) is 19.7 Å². The molecule has 2 N–H and O–H groups in total. The third-order valence-corrected chi connectivity index (χ3v) is 3.60. The second kappa shape index (κ2) is 5.57. The van der Waals surface area contributed by atoms with Crippen LogP contribution in [0.15, 0.2) is 18.2 Å². The Kier molecular flexibility index (Phi) is 4.02. The van der Waals surface area contributed by atoms with E-state index in [0.29, 0.717) is 0 Å². The molecule has 2 rings (SSSR count). The van der Waals surface area contributed by atoms with Crippen molar-refractivity contribution in [3.63, 3.8) is 0 Å². The van der Waals surface area contributed by atoms with E-state index in [1.807, 2.05) is 6.07 Å². The van der Waals surface area contributed by atoms with Gasteiger partial charge in [0.25, 0.3) is 5.91 Å². The maximum absolute atomic E-state index is 13.7. The molecule has 1 aliphatic heterocycles. The summed E-state index contributed by atoms with van der Waals surface area (Å²) in [6, 6.07) is 5.50. The molecule has 1 heterocycles. The zero-order chi connectivity index (χ0) is 14.8. The number of nitriles is 1. The molecule has 1 aromatic carbocycles. The molecule has 0 atom stereocenters. The molecule has 0 aromatic heterocycles. The van der Waals surface area contributed by atoms with E-state index in [2.05, 4.69) is 0 Å². The van der Waals surface area contributed by atoms with Gasteiger partial charge in [-0.2, -0.15) is 5.26 Å². The Morgan fingerprint density at radius 3 is 2.65 bits per heavy atom. The summed E-state index contributed by atoms with van der Waals surface area (Å²) >= 11 is 0. The van der Waals surface area contributed by atoms with Gasteiger partial charge in [-0.25, -0.2) is 4.39 Å². The van der Waals surface area contributed by atoms with Crippen molar-refractivity contribution < 1.29 is 19.4 Å². The van der Waals surface area contributed by atoms with Crippen LogP contribution < -0.4 is 0 Å². The van der Waals surface area contributed by atoms with E-state index < -0.39 is 17.3 Å². The number of aliphatic hydroxyl groups is 2. The van der Waals surface area contributed by atoms with Crippen molar-refractivity contribution in [3.05, 3.63) is 35.1 Å². The average molecular weight is 278 g/mol. The Labute approximate surface area is 115 Å². The van der Waals surface area contributed by atoms with Gasteiger partial charge in [0.1, 0.15) is 5.82 Å². The second-order valence-corrected chi connectivity index (χ2v) is 4.98. The van der Waals surface area contributed by atoms with Gasteiger partial charge in [0.2, 0.25) is 0 Å². The van der Waals surface area contributed by atoms with Crippen molar-refractivity contribution in [1.29, 1.82) is 5.26 Å². The van der Waals surface area contributed by atoms with E-state index in [0.717, 1.165) is 6.07 Å². The maximum atomic E-state index is 13.7. The van der Waals surface area contributed by atoms with Crippen molar-refractivity contribution in [2.45, 2.75) is 18.4 Å². The van der Waals surface area contributed by atoms with Gasteiger partial charge in [0.15, 0.2) is 0 Å². The number of rotatable bonds is 2. The van der Waals surface area contributed by atoms with Gasteiger partial charge in [-0.3, -0.25) is 4.79 Å². The van der Waals surface area contributed by atoms with Crippen LogP contribution >= 0.6 is 0 Å². The highest BCUT2D eigenvalue weighted by atomic mass is 19.1. The minimum Gasteiger partial charge on any atom is -0.393 e. The Morgan fingerprint density at radius 2 is 2.10 bits per heavy atom. The van der Waals surface area contributed by atoms with E-state index in [9.17, 15) is 14.3 Å². The lowest BCUT2D eigenvalue weighted by atomic mass is 9.92. The number of piperidine rings is 1. The number of aliphatic hydroxyl groups excluding tert-OH is 1. The summed E-state index contributed by atoms with van der Waals surface area (Å²) in [5, 5.41) is 27.7. The molecule has 0 bridgehead atoms. The number of halogens is 1. The Morgan fingerprint density at radius 1 is 1.45 bits per heavy atom. The van der Waals surface area contributed by atoms with Gasteiger partial charge in [0.05, 0.1) is 29.4 Å². The topological polar surface area (TPSA) is 84.6 Å². The number of carbonyl (C=O) groups excluding carboxylic acids is 1. The predicted octanol–water partition coefficient (Wildman–Crippen LogP) is 0.657. The lowest BCUT2D eigenvalue weighted by Crippen LogP contribution is -2.48. The number of hydrogen-bond acceptors (Lipinski definition) is 4. The van der Waals surface area contributed by atoms with E-state index in [1.54, 1.807) is 0 Å². The van der Waals surface area contributed by atoms with Crippen LogP contribution in [-0.4, -0.2) is 46.3 Å². The Bertz CT molecular complexity index is 560. The standard InChI is InChI=1S/C14H15FN2O3/c15-12-2-1-10(8-16)7-11(12)13(19)17-5-3-14(20,9-18)4-6-17/h1-2,7,18,20H,3-6,9H2. The fourth-order valence-corrected chi connectivity index (χ4v) is 2.21. The van der Waals surface area contributed by atoms with Gasteiger partial charge in [-0.05, 0) is 31.0 Å². The highest BCUT2D eigenvalue weighted by Gasteiger charge is 2.34. The maximum Gasteiger partial charge on any atom is 0.256 e. The lowest BCUT2D eigenvalue weighted by Gasteiger charge is -2.37. The lowest BCUT2D eigenvalue weighted by molar-refractivity contribution is -0.0546. The SMILES string of the molecule is N#Cc1ccc(F)c(C(=O)N2CCC(O)(CO)CC2)c1. The van der Waals surface area contributed by atoms with Gasteiger partial charge in [-0.15, -0.1) is 0 Å². The van der Waals surface area contributed by atoms with Crippen molar-refractivity contribution >= 4 is 5.91 Å². The normalized spacial score (nSPS) is 17.6. The highest BCUT2D eigenvalue weighted by molar-refractivity contribution is 5.95. The third kappa shape index (κ3) is 2.79. The van der Waals surface area contributed by atoms with Crippen LogP contribution in [-0.2, 0) is 0 Å². The number of carbonyl (C=O) groups is 1. The molecule has 5 nitrogen and oxygen atoms in total. The minimum atomic E-state index is -1.16. The fourth-order valence-electron chi connectivity index (χ4n) is 2.21. The van der Waals surface area contributed by atoms with Gasteiger partial charge < -0.3 is 15.1 Å². The molecule has 1 fully saturated rings. The fraction of sp³-hybridized carbons (Fsp3) is 0.429. The molecule has 1 amide bonds. The third-order valence-electron chi connectivity index (χ3n) is 3.60. The first-order valence-electron chi connectivity index (χ1n) is 6.31. The average Bonchev–Trinajstić information content (AvgIpc) is 2.48. The molecule has 1 aliphatic rings. The summed E-state index contributed by atoms with van der Waals surface area (Å²) in [5.74, 6) is -1.17. The summed E-state index contributed by atoms with van der Waals surface area (Å²) < 4.78 is 13.7. The summed E-state index contributed by atoms with van der Waals surface area (Å²) in [6.45, 7) is 0.130. The van der Waals surface area contributed by atoms with Crippen LogP contribution in [0.1, 0.15) is 28.8 Å². The van der Waals surface area contributed by atoms with Crippen LogP contribution in [0, 0.1) is 17.1 Å². The molecule has 1 saturated heterocycles. The Hall–Kier alpha value is -1.97. The number of nitrogens with zero attached hydrogens (tertiary/aromatic N) is 2. The Balaban J connectivity index is 2.15. The van der Waals surface area contributed by atoms with Crippen LogP contribution in [0.5, 0.6) is 0 Å². The molecule has 106 valence electrons. The quantitative estimate of drug-likeness (QED) is 0.832. The molecule has 6 heteroatoms. The first-order valence-corrected chi connectivity index (χ1v) is 6.31. The van der Waals surface area contributed by atoms with Gasteiger partial charge >= 0.3 is 0 Å². The zero-order valence-electron chi connectivity index (χ0n) is 10.8. The smallest absolute Gasteiger partial charge is 0.256 e. The van der Waals surface area contributed by atoms with Crippen molar-refractivity contribution in [3.8, 4) is 6.07 Å². The molecular weight excluding hydrogens is 263 g/mol. The second-order valence-electron chi connectivity index (χ2n) is 4.98. The zero-order valence-corrected chi connectivity index (χ0v) is 10.8. The monoisotopic (exact) mass is 278 g/mol. The molecule has 0 aliphatic carbocycles. The van der Waals surface area contributed by atoms with E-state index in [4.69, 9.17) is 10.4 Å². The first kappa shape index (κ1) is 14.4. The van der Waals surface area contributed by atoms with E-state index >= 15 is 0 Å². The van der Waals surface area contributed by atoms with E-state index in [-0.39, 0.29) is 43.7 Å². The highest BCUT2D eigenvalue weighted by Crippen LogP contribution is 2.23. The summed E-state index contributed by atoms with van der Waals surface area (Å²) in [4.78, 5) is 13.6. The van der Waals surface area contributed by atoms with Crippen LogP contribution in [0.25, 0.3) is 0 Å². The molecule has 0 saturated carbocycles. The number of amides is 1. The number of benzene rings is 1. The van der Waals surface area contributed by atoms with Crippen LogP contribution in [0.3, 0.4) is 0 Å². The molecule has 20 heavy (non-hydrogen) atoms. The number of hydrogen-bond donors (Lipinski definition) is 2. The summed E-state index contributed by atoms with van der Waals surface area (Å²) in [6.07, 6.45) is 0.490. The molecule has 0 spiro atoms. The van der Waals surface area contributed by atoms with Crippen LogP contribution in [0.4, 0.5) is 4.39 Å². The number of likely N-dealkylation sites (tertiary alicyclic amines) is 1. The molecular formula is C14H15FN2O3. The predicted molar refractivity (Wildman–Crippen MR) is 68.3 cm³/mol. The molecule has 1 aromatic rings.